The molecule has 1 fully saturated rings. The van der Waals surface area contributed by atoms with Crippen LogP contribution < -0.4 is 10.4 Å². The van der Waals surface area contributed by atoms with Gasteiger partial charge in [0.15, 0.2) is 0 Å². The Morgan fingerprint density at radius 1 is 1.39 bits per heavy atom. The maximum absolute atomic E-state index is 11.8. The second-order valence-corrected chi connectivity index (χ2v) is 6.18. The molecule has 1 aliphatic carbocycles. The maximum atomic E-state index is 11.8. The highest BCUT2D eigenvalue weighted by molar-refractivity contribution is 7.89. The fourth-order valence-corrected chi connectivity index (χ4v) is 2.86. The number of hydrogen-bond acceptors (Lipinski definition) is 4. The molecule has 0 atom stereocenters. The number of rotatable bonds is 4. The van der Waals surface area contributed by atoms with Crippen LogP contribution in [0.25, 0.3) is 0 Å². The van der Waals surface area contributed by atoms with Crippen LogP contribution in [0.4, 0.5) is 0 Å². The van der Waals surface area contributed by atoms with Gasteiger partial charge in [-0.05, 0) is 18.9 Å². The van der Waals surface area contributed by atoms with Crippen molar-refractivity contribution in [2.45, 2.75) is 36.7 Å². The van der Waals surface area contributed by atoms with Gasteiger partial charge in [0.25, 0.3) is 15.6 Å². The summed E-state index contributed by atoms with van der Waals surface area (Å²) < 4.78 is 23.7. The molecular formula is C10H13ClN2O4S. The Balaban J connectivity index is 2.09. The van der Waals surface area contributed by atoms with Crippen molar-refractivity contribution in [3.05, 3.63) is 27.6 Å². The van der Waals surface area contributed by atoms with Crippen LogP contribution in [-0.2, 0) is 14.9 Å². The molecule has 1 saturated carbocycles. The van der Waals surface area contributed by atoms with E-state index in [0.29, 0.717) is 0 Å². The van der Waals surface area contributed by atoms with Crippen LogP contribution in [0.2, 0.25) is 5.02 Å². The van der Waals surface area contributed by atoms with E-state index in [0.717, 1.165) is 37.9 Å². The Morgan fingerprint density at radius 3 is 2.67 bits per heavy atom. The van der Waals surface area contributed by atoms with E-state index >= 15 is 0 Å². The van der Waals surface area contributed by atoms with Gasteiger partial charge in [-0.25, -0.2) is 8.42 Å². The number of aromatic nitrogens is 1. The Morgan fingerprint density at radius 2 is 2.06 bits per heavy atom. The van der Waals surface area contributed by atoms with Crippen LogP contribution in [-0.4, -0.2) is 19.5 Å². The van der Waals surface area contributed by atoms with Crippen molar-refractivity contribution in [3.8, 4) is 0 Å². The molecule has 1 aromatic rings. The van der Waals surface area contributed by atoms with Crippen molar-refractivity contribution in [2.24, 2.45) is 0 Å². The monoisotopic (exact) mass is 292 g/mol. The zero-order chi connectivity index (χ0) is 13.2. The quantitative estimate of drug-likeness (QED) is 0.816. The predicted octanol–water partition coefficient (Wildman–Crippen LogP) is 1.18. The number of sulfonamides is 1. The van der Waals surface area contributed by atoms with E-state index in [9.17, 15) is 13.2 Å². The molecular weight excluding hydrogens is 280 g/mol. The third kappa shape index (κ3) is 3.11. The molecule has 1 aromatic heterocycles. The van der Waals surface area contributed by atoms with Gasteiger partial charge in [-0.1, -0.05) is 29.3 Å². The van der Waals surface area contributed by atoms with Crippen molar-refractivity contribution in [3.63, 3.8) is 0 Å². The van der Waals surface area contributed by atoms with E-state index in [1.54, 1.807) is 0 Å². The highest BCUT2D eigenvalue weighted by Gasteiger charge is 2.21. The molecule has 1 heterocycles. The van der Waals surface area contributed by atoms with Crippen molar-refractivity contribution in [1.29, 1.82) is 0 Å². The first-order chi connectivity index (χ1) is 8.49. The SMILES string of the molecule is O=c1[nH]cc(S(=O)(=O)NOC2CCCC2)cc1Cl. The minimum Gasteiger partial charge on any atom is -0.326 e. The smallest absolute Gasteiger partial charge is 0.266 e. The third-order valence-electron chi connectivity index (χ3n) is 2.77. The van der Waals surface area contributed by atoms with Gasteiger partial charge >= 0.3 is 0 Å². The first-order valence-electron chi connectivity index (χ1n) is 5.55. The van der Waals surface area contributed by atoms with Gasteiger partial charge in [-0.2, -0.15) is 0 Å². The van der Waals surface area contributed by atoms with Crippen molar-refractivity contribution < 1.29 is 13.3 Å². The number of halogens is 1. The molecule has 8 heteroatoms. The number of nitrogens with one attached hydrogen (secondary N) is 2. The van der Waals surface area contributed by atoms with E-state index in [1.807, 2.05) is 0 Å². The number of pyridine rings is 1. The maximum Gasteiger partial charge on any atom is 0.266 e. The summed E-state index contributed by atoms with van der Waals surface area (Å²) in [6.07, 6.45) is 4.75. The lowest BCUT2D eigenvalue weighted by Gasteiger charge is -2.11. The van der Waals surface area contributed by atoms with Crippen molar-refractivity contribution in [2.75, 3.05) is 0 Å². The first kappa shape index (κ1) is 13.5. The fourth-order valence-electron chi connectivity index (χ4n) is 1.78. The number of aromatic amines is 1. The third-order valence-corrected chi connectivity index (χ3v) is 4.22. The summed E-state index contributed by atoms with van der Waals surface area (Å²) in [6.45, 7) is 0. The Hall–Kier alpha value is -0.890. The van der Waals surface area contributed by atoms with Gasteiger partial charge in [0, 0.05) is 6.20 Å². The molecule has 18 heavy (non-hydrogen) atoms. The van der Waals surface area contributed by atoms with Gasteiger partial charge in [-0.15, -0.1) is 0 Å². The van der Waals surface area contributed by atoms with Crippen molar-refractivity contribution in [1.82, 2.24) is 9.87 Å². The average Bonchev–Trinajstić information content (AvgIpc) is 2.83. The molecule has 0 aromatic carbocycles. The van der Waals surface area contributed by atoms with Crippen molar-refractivity contribution >= 4 is 21.6 Å². The largest absolute Gasteiger partial charge is 0.326 e. The molecule has 0 bridgehead atoms. The molecule has 2 N–H and O–H groups in total. The second-order valence-electron chi connectivity index (χ2n) is 4.12. The van der Waals surface area contributed by atoms with Gasteiger partial charge < -0.3 is 4.98 Å². The number of H-pyrrole nitrogens is 1. The normalized spacial score (nSPS) is 17.2. The van der Waals surface area contributed by atoms with Crippen LogP contribution in [0.3, 0.4) is 0 Å². The summed E-state index contributed by atoms with van der Waals surface area (Å²) in [6, 6.07) is 1.08. The molecule has 0 amide bonds. The summed E-state index contributed by atoms with van der Waals surface area (Å²) in [5.41, 5.74) is -0.535. The molecule has 0 unspecified atom stereocenters. The molecule has 0 aliphatic heterocycles. The highest BCUT2D eigenvalue weighted by Crippen LogP contribution is 2.20. The van der Waals surface area contributed by atoms with Gasteiger partial charge in [0.05, 0.1) is 6.10 Å². The predicted molar refractivity (Wildman–Crippen MR) is 65.7 cm³/mol. The van der Waals surface area contributed by atoms with Crippen LogP contribution in [0.15, 0.2) is 22.0 Å². The Kier molecular flexibility index (Phi) is 4.06. The lowest BCUT2D eigenvalue weighted by molar-refractivity contribution is 0.0223. The van der Waals surface area contributed by atoms with E-state index in [1.165, 1.54) is 0 Å². The van der Waals surface area contributed by atoms with Gasteiger partial charge in [0.1, 0.15) is 9.92 Å². The van der Waals surface area contributed by atoms with E-state index in [4.69, 9.17) is 16.4 Å². The average molecular weight is 293 g/mol. The zero-order valence-electron chi connectivity index (χ0n) is 9.48. The summed E-state index contributed by atoms with van der Waals surface area (Å²) >= 11 is 5.57. The Labute approximate surface area is 109 Å². The molecule has 0 spiro atoms. The van der Waals surface area contributed by atoms with Crippen LogP contribution in [0, 0.1) is 0 Å². The first-order valence-corrected chi connectivity index (χ1v) is 7.41. The summed E-state index contributed by atoms with van der Waals surface area (Å²) in [4.78, 5) is 20.3. The number of hydrogen-bond donors (Lipinski definition) is 2. The summed E-state index contributed by atoms with van der Waals surface area (Å²) in [5.74, 6) is 0. The summed E-state index contributed by atoms with van der Waals surface area (Å²) in [7, 11) is -3.81. The van der Waals surface area contributed by atoms with Crippen LogP contribution in [0.1, 0.15) is 25.7 Å². The molecule has 1 aliphatic rings. The second kappa shape index (κ2) is 5.40. The lowest BCUT2D eigenvalue weighted by Crippen LogP contribution is -2.29. The van der Waals surface area contributed by atoms with E-state index in [2.05, 4.69) is 9.87 Å². The standard InChI is InChI=1S/C10H13ClN2O4S/c11-9-5-8(6-12-10(9)14)18(15,16)13-17-7-3-1-2-4-7/h5-7,13H,1-4H2,(H,12,14). The topological polar surface area (TPSA) is 88.3 Å². The minimum absolute atomic E-state index is 0.0852. The Bertz CT molecular complexity index is 578. The van der Waals surface area contributed by atoms with E-state index < -0.39 is 15.6 Å². The molecule has 100 valence electrons. The molecule has 0 radical (unpaired) electrons. The van der Waals surface area contributed by atoms with Gasteiger partial charge in [0.2, 0.25) is 0 Å². The zero-order valence-corrected chi connectivity index (χ0v) is 11.1. The molecule has 6 nitrogen and oxygen atoms in total. The van der Waals surface area contributed by atoms with Crippen LogP contribution >= 0.6 is 11.6 Å². The lowest BCUT2D eigenvalue weighted by atomic mass is 10.3. The van der Waals surface area contributed by atoms with Gasteiger partial charge in [-0.3, -0.25) is 9.63 Å². The summed E-state index contributed by atoms with van der Waals surface area (Å²) in [5, 5.41) is -0.182. The highest BCUT2D eigenvalue weighted by atomic mass is 35.5. The molecule has 0 saturated heterocycles. The van der Waals surface area contributed by atoms with Crippen LogP contribution in [0.5, 0.6) is 0 Å². The van der Waals surface area contributed by atoms with E-state index in [-0.39, 0.29) is 16.0 Å². The molecule has 2 rings (SSSR count). The minimum atomic E-state index is -3.81. The fraction of sp³-hybridized carbons (Fsp3) is 0.500.